The zero-order valence-corrected chi connectivity index (χ0v) is 17.0. The van der Waals surface area contributed by atoms with Gasteiger partial charge in [-0.3, -0.25) is 0 Å². The summed E-state index contributed by atoms with van der Waals surface area (Å²) in [7, 11) is 1.75. The maximum atomic E-state index is 14.4. The first-order valence-electron chi connectivity index (χ1n) is 10.2. The van der Waals surface area contributed by atoms with Crippen LogP contribution in [0.15, 0.2) is 16.5 Å². The fraction of sp³-hybridized carbons (Fsp3) is 0.400. The van der Waals surface area contributed by atoms with Crippen molar-refractivity contribution in [3.8, 4) is 12.1 Å². The smallest absolute Gasteiger partial charge is 0.393 e. The number of aromatic amines is 1. The Balaban J connectivity index is 1.56. The van der Waals surface area contributed by atoms with E-state index in [0.29, 0.717) is 34.3 Å². The molecule has 0 spiro atoms. The predicted octanol–water partition coefficient (Wildman–Crippen LogP) is 2.70. The second kappa shape index (κ2) is 6.51. The van der Waals surface area contributed by atoms with Gasteiger partial charge < -0.3 is 30.1 Å². The molecule has 1 saturated heterocycles. The molecule has 31 heavy (non-hydrogen) atoms. The summed E-state index contributed by atoms with van der Waals surface area (Å²) in [5.74, 6) is 1.14. The van der Waals surface area contributed by atoms with Crippen molar-refractivity contribution in [2.24, 2.45) is 11.7 Å². The maximum absolute atomic E-state index is 14.4. The molecule has 1 aromatic carbocycles. The van der Waals surface area contributed by atoms with Gasteiger partial charge in [0.25, 0.3) is 0 Å². The van der Waals surface area contributed by atoms with Crippen LogP contribution in [0.25, 0.3) is 21.9 Å². The molecule has 2 bridgehead atoms. The molecule has 11 heteroatoms. The second-order valence-corrected chi connectivity index (χ2v) is 8.19. The van der Waals surface area contributed by atoms with Crippen molar-refractivity contribution in [2.75, 3.05) is 23.8 Å². The fourth-order valence-corrected chi connectivity index (χ4v) is 4.93. The molecular formula is C20H21FN8O2. The van der Waals surface area contributed by atoms with Gasteiger partial charge in [0.2, 0.25) is 5.89 Å². The Hall–Kier alpha value is -3.47. The zero-order chi connectivity index (χ0) is 21.3. The third-order valence-electron chi connectivity index (χ3n) is 6.31. The van der Waals surface area contributed by atoms with Gasteiger partial charge in [0.15, 0.2) is 0 Å². The number of ether oxygens (including phenoxy) is 1. The number of halogens is 1. The first-order chi connectivity index (χ1) is 15.0. The number of nitrogens with two attached hydrogens (primary N) is 1. The number of aromatic nitrogens is 5. The molecule has 3 unspecified atom stereocenters. The Bertz CT molecular complexity index is 1320. The molecule has 3 atom stereocenters. The Morgan fingerprint density at radius 3 is 2.84 bits per heavy atom. The molecule has 4 heterocycles. The molecule has 4 aromatic rings. The molecule has 0 amide bonds. The second-order valence-electron chi connectivity index (χ2n) is 8.19. The summed E-state index contributed by atoms with van der Waals surface area (Å²) in [5.41, 5.74) is 8.19. The third kappa shape index (κ3) is 2.80. The number of fused-ring (bicyclic) bond motifs is 5. The minimum absolute atomic E-state index is 0.0363. The van der Waals surface area contributed by atoms with E-state index in [4.69, 9.17) is 19.9 Å². The summed E-state index contributed by atoms with van der Waals surface area (Å²) in [4.78, 5) is 14.7. The highest BCUT2D eigenvalue weighted by atomic mass is 19.1. The molecule has 3 aromatic heterocycles. The van der Waals surface area contributed by atoms with Crippen molar-refractivity contribution in [2.45, 2.75) is 31.8 Å². The maximum Gasteiger partial charge on any atom is 0.422 e. The van der Waals surface area contributed by atoms with Crippen molar-refractivity contribution in [3.63, 3.8) is 0 Å². The average Bonchev–Trinajstić information content (AvgIpc) is 3.50. The molecule has 1 aliphatic carbocycles. The lowest BCUT2D eigenvalue weighted by Gasteiger charge is -2.31. The SMILES string of the molecule is CNc1cc(F)cc2c1[nH]c1nc(Oc3nnc(C)o3)nc(N3CC4CC3CC4N)c12. The van der Waals surface area contributed by atoms with E-state index in [1.54, 1.807) is 14.0 Å². The van der Waals surface area contributed by atoms with Crippen molar-refractivity contribution in [3.05, 3.63) is 23.8 Å². The van der Waals surface area contributed by atoms with Crippen LogP contribution >= 0.6 is 0 Å². The highest BCUT2D eigenvalue weighted by Crippen LogP contribution is 2.44. The average molecular weight is 424 g/mol. The van der Waals surface area contributed by atoms with Gasteiger partial charge in [-0.05, 0) is 30.9 Å². The van der Waals surface area contributed by atoms with Crippen LogP contribution in [0.1, 0.15) is 18.7 Å². The van der Waals surface area contributed by atoms with Crippen molar-refractivity contribution in [1.29, 1.82) is 0 Å². The molecule has 4 N–H and O–H groups in total. The van der Waals surface area contributed by atoms with Gasteiger partial charge in [0, 0.05) is 38.0 Å². The van der Waals surface area contributed by atoms with Crippen molar-refractivity contribution in [1.82, 2.24) is 25.1 Å². The molecule has 1 saturated carbocycles. The van der Waals surface area contributed by atoms with Gasteiger partial charge in [0.05, 0.1) is 16.6 Å². The molecule has 2 fully saturated rings. The number of nitrogens with zero attached hydrogens (tertiary/aromatic N) is 5. The van der Waals surface area contributed by atoms with E-state index in [1.807, 2.05) is 0 Å². The number of piperidine rings is 1. The van der Waals surface area contributed by atoms with Crippen LogP contribution in [0.5, 0.6) is 12.1 Å². The summed E-state index contributed by atoms with van der Waals surface area (Å²) in [6, 6.07) is 3.51. The topological polar surface area (TPSA) is 131 Å². The van der Waals surface area contributed by atoms with Crippen LogP contribution in [-0.2, 0) is 0 Å². The van der Waals surface area contributed by atoms with Crippen LogP contribution < -0.4 is 20.7 Å². The Morgan fingerprint density at radius 1 is 1.29 bits per heavy atom. The minimum atomic E-state index is -0.338. The van der Waals surface area contributed by atoms with E-state index in [2.05, 4.69) is 30.4 Å². The van der Waals surface area contributed by atoms with E-state index >= 15 is 0 Å². The predicted molar refractivity (Wildman–Crippen MR) is 112 cm³/mol. The normalized spacial score (nSPS) is 22.7. The minimum Gasteiger partial charge on any atom is -0.393 e. The van der Waals surface area contributed by atoms with Crippen molar-refractivity contribution < 1.29 is 13.5 Å². The van der Waals surface area contributed by atoms with Gasteiger partial charge in [-0.1, -0.05) is 5.10 Å². The largest absolute Gasteiger partial charge is 0.422 e. The molecule has 1 aliphatic heterocycles. The highest BCUT2D eigenvalue weighted by molar-refractivity contribution is 6.14. The van der Waals surface area contributed by atoms with Gasteiger partial charge in [-0.25, -0.2) is 4.39 Å². The number of anilines is 2. The van der Waals surface area contributed by atoms with Crippen LogP contribution in [0, 0.1) is 18.7 Å². The lowest BCUT2D eigenvalue weighted by Crippen LogP contribution is -2.41. The van der Waals surface area contributed by atoms with Crippen molar-refractivity contribution >= 4 is 33.4 Å². The molecule has 2 aliphatic rings. The fourth-order valence-electron chi connectivity index (χ4n) is 4.93. The Morgan fingerprint density at radius 2 is 2.16 bits per heavy atom. The zero-order valence-electron chi connectivity index (χ0n) is 17.0. The summed E-state index contributed by atoms with van der Waals surface area (Å²) >= 11 is 0. The Kier molecular flexibility index (Phi) is 3.85. The molecule has 160 valence electrons. The molecule has 0 radical (unpaired) electrons. The first kappa shape index (κ1) is 18.3. The summed E-state index contributed by atoms with van der Waals surface area (Å²) < 4.78 is 25.4. The number of aryl methyl sites for hydroxylation is 1. The van der Waals surface area contributed by atoms with E-state index in [9.17, 15) is 4.39 Å². The number of benzene rings is 1. The monoisotopic (exact) mass is 424 g/mol. The number of hydrogen-bond donors (Lipinski definition) is 3. The Labute approximate surface area is 176 Å². The summed E-state index contributed by atoms with van der Waals surface area (Å²) in [5, 5.41) is 12.1. The highest BCUT2D eigenvalue weighted by Gasteiger charge is 2.44. The van der Waals surface area contributed by atoms with Gasteiger partial charge in [-0.2, -0.15) is 9.97 Å². The standard InChI is InChI=1S/C20H21FN8O2/c1-8-27-28-20(30-8)31-19-25-17-15(12-4-10(21)5-14(23-2)16(12)24-17)18(26-19)29-7-9-3-11(29)6-13(9)22/h4-5,9,11,13,23H,3,6-7,22H2,1-2H3,(H,24,25,26). The van der Waals surface area contributed by atoms with E-state index < -0.39 is 0 Å². The van der Waals surface area contributed by atoms with Crippen LogP contribution in [0.3, 0.4) is 0 Å². The number of hydrogen-bond acceptors (Lipinski definition) is 9. The molecular weight excluding hydrogens is 403 g/mol. The van der Waals surface area contributed by atoms with Gasteiger partial charge in [-0.15, -0.1) is 5.10 Å². The lowest BCUT2D eigenvalue weighted by molar-refractivity contribution is 0.306. The number of rotatable bonds is 4. The van der Waals surface area contributed by atoms with E-state index in [0.717, 1.165) is 30.3 Å². The van der Waals surface area contributed by atoms with Crippen LogP contribution in [0.4, 0.5) is 15.9 Å². The number of nitrogens with one attached hydrogen (secondary N) is 2. The number of H-pyrrole nitrogens is 1. The summed E-state index contributed by atoms with van der Waals surface area (Å²) in [6.45, 7) is 2.46. The third-order valence-corrected chi connectivity index (χ3v) is 6.31. The van der Waals surface area contributed by atoms with E-state index in [1.165, 1.54) is 12.1 Å². The molecule has 6 rings (SSSR count). The van der Waals surface area contributed by atoms with Gasteiger partial charge in [0.1, 0.15) is 17.3 Å². The first-order valence-corrected chi connectivity index (χ1v) is 10.2. The van der Waals surface area contributed by atoms with Crippen LogP contribution in [-0.4, -0.2) is 50.8 Å². The quantitative estimate of drug-likeness (QED) is 0.452. The van der Waals surface area contributed by atoms with Gasteiger partial charge >= 0.3 is 12.1 Å². The van der Waals surface area contributed by atoms with Crippen LogP contribution in [0.2, 0.25) is 0 Å². The molecule has 10 nitrogen and oxygen atoms in total. The van der Waals surface area contributed by atoms with E-state index in [-0.39, 0.29) is 30.0 Å². The lowest BCUT2D eigenvalue weighted by atomic mass is 10.0. The summed E-state index contributed by atoms with van der Waals surface area (Å²) in [6.07, 6.45) is 1.88.